The van der Waals surface area contributed by atoms with E-state index in [-0.39, 0.29) is 25.1 Å². The van der Waals surface area contributed by atoms with Crippen LogP contribution in [0.1, 0.15) is 12.8 Å². The second-order valence-electron chi connectivity index (χ2n) is 3.80. The van der Waals surface area contributed by atoms with Crippen molar-refractivity contribution in [3.05, 3.63) is 0 Å². The van der Waals surface area contributed by atoms with Crippen molar-refractivity contribution in [3.8, 4) is 0 Å². The Hall–Kier alpha value is -1.64. The number of nitrogens with one attached hydrogen (secondary N) is 1. The predicted octanol–water partition coefficient (Wildman–Crippen LogP) is -0.936. The number of sulfone groups is 1. The summed E-state index contributed by atoms with van der Waals surface area (Å²) in [6, 6.07) is -0.756. The van der Waals surface area contributed by atoms with E-state index in [0.29, 0.717) is 0 Å². The van der Waals surface area contributed by atoms with E-state index in [9.17, 15) is 22.8 Å². The number of carboxylic acids is 1. The van der Waals surface area contributed by atoms with Crippen LogP contribution in [0.25, 0.3) is 0 Å². The van der Waals surface area contributed by atoms with Gasteiger partial charge in [-0.3, -0.25) is 14.9 Å². The zero-order chi connectivity index (χ0) is 14.3. The summed E-state index contributed by atoms with van der Waals surface area (Å²) in [4.78, 5) is 33.7. The van der Waals surface area contributed by atoms with Crippen LogP contribution in [0.4, 0.5) is 4.79 Å². The van der Waals surface area contributed by atoms with E-state index in [1.54, 1.807) is 0 Å². The number of carbonyl (C=O) groups excluding carboxylic acids is 2. The molecule has 0 aromatic heterocycles. The summed E-state index contributed by atoms with van der Waals surface area (Å²) in [5.41, 5.74) is 0. The Morgan fingerprint density at radius 2 is 1.78 bits per heavy atom. The van der Waals surface area contributed by atoms with Crippen LogP contribution in [0.2, 0.25) is 0 Å². The lowest BCUT2D eigenvalue weighted by atomic mass is 10.3. The Kier molecular flexibility index (Phi) is 6.31. The summed E-state index contributed by atoms with van der Waals surface area (Å²) in [5.74, 6) is -2.06. The van der Waals surface area contributed by atoms with Gasteiger partial charge in [-0.15, -0.1) is 0 Å². The first-order valence-electron chi connectivity index (χ1n) is 5.06. The molecule has 0 unspecified atom stereocenters. The molecule has 0 aliphatic rings. The molecule has 0 bridgehead atoms. The Bertz CT molecular complexity index is 430. The van der Waals surface area contributed by atoms with Gasteiger partial charge in [0, 0.05) is 26.3 Å². The zero-order valence-electron chi connectivity index (χ0n) is 10.2. The molecule has 0 heterocycles. The second-order valence-corrected chi connectivity index (χ2v) is 6.06. The van der Waals surface area contributed by atoms with E-state index < -0.39 is 27.7 Å². The molecule has 0 spiro atoms. The minimum atomic E-state index is -3.19. The number of amides is 3. The highest BCUT2D eigenvalue weighted by Gasteiger charge is 2.14. The largest absolute Gasteiger partial charge is 0.481 e. The molecule has 0 aromatic rings. The maximum Gasteiger partial charge on any atom is 0.323 e. The Balaban J connectivity index is 4.08. The lowest BCUT2D eigenvalue weighted by Crippen LogP contribution is -2.42. The van der Waals surface area contributed by atoms with Gasteiger partial charge < -0.3 is 10.0 Å². The number of rotatable bonds is 6. The molecule has 3 amide bonds. The summed E-state index contributed by atoms with van der Waals surface area (Å²) >= 11 is 0. The fourth-order valence-corrected chi connectivity index (χ4v) is 1.51. The van der Waals surface area contributed by atoms with Crippen molar-refractivity contribution in [2.45, 2.75) is 12.8 Å². The fourth-order valence-electron chi connectivity index (χ4n) is 0.902. The summed E-state index contributed by atoms with van der Waals surface area (Å²) in [7, 11) is -1.85. The van der Waals surface area contributed by atoms with Gasteiger partial charge >= 0.3 is 12.0 Å². The molecule has 0 saturated heterocycles. The second kappa shape index (κ2) is 6.94. The molecule has 0 rings (SSSR count). The molecule has 9 heteroatoms. The normalized spacial score (nSPS) is 10.8. The van der Waals surface area contributed by atoms with Gasteiger partial charge in [-0.05, 0) is 0 Å². The number of aliphatic carboxylic acids is 1. The molecule has 0 aliphatic heterocycles. The smallest absolute Gasteiger partial charge is 0.323 e. The molecular weight excluding hydrogens is 264 g/mol. The molecule has 0 fully saturated rings. The van der Waals surface area contributed by atoms with Crippen LogP contribution < -0.4 is 5.32 Å². The summed E-state index contributed by atoms with van der Waals surface area (Å²) in [6.45, 7) is -0.0448. The summed E-state index contributed by atoms with van der Waals surface area (Å²) < 4.78 is 21.7. The molecule has 18 heavy (non-hydrogen) atoms. The lowest BCUT2D eigenvalue weighted by molar-refractivity contribution is -0.138. The number of imide groups is 1. The van der Waals surface area contributed by atoms with Gasteiger partial charge in [-0.25, -0.2) is 13.2 Å². The van der Waals surface area contributed by atoms with E-state index in [4.69, 9.17) is 5.11 Å². The average molecular weight is 280 g/mol. The molecule has 8 nitrogen and oxygen atoms in total. The molecule has 0 radical (unpaired) electrons. The van der Waals surface area contributed by atoms with Crippen LogP contribution >= 0.6 is 0 Å². The third-order valence-corrected chi connectivity index (χ3v) is 2.88. The van der Waals surface area contributed by atoms with Gasteiger partial charge in [-0.1, -0.05) is 0 Å². The van der Waals surface area contributed by atoms with E-state index in [2.05, 4.69) is 0 Å². The van der Waals surface area contributed by atoms with Gasteiger partial charge in [0.25, 0.3) is 0 Å². The van der Waals surface area contributed by atoms with Gasteiger partial charge in [0.05, 0.1) is 12.2 Å². The van der Waals surface area contributed by atoms with Crippen molar-refractivity contribution in [2.75, 3.05) is 25.6 Å². The van der Waals surface area contributed by atoms with E-state index >= 15 is 0 Å². The van der Waals surface area contributed by atoms with Gasteiger partial charge in [0.1, 0.15) is 9.84 Å². The Morgan fingerprint density at radius 1 is 1.22 bits per heavy atom. The first-order valence-corrected chi connectivity index (χ1v) is 7.12. The van der Waals surface area contributed by atoms with Gasteiger partial charge in [0.15, 0.2) is 0 Å². The highest BCUT2D eigenvalue weighted by Crippen LogP contribution is 1.92. The molecule has 0 saturated carbocycles. The highest BCUT2D eigenvalue weighted by atomic mass is 32.2. The van der Waals surface area contributed by atoms with E-state index in [1.165, 1.54) is 7.05 Å². The summed E-state index contributed by atoms with van der Waals surface area (Å²) in [5, 5.41) is 10.3. The topological polar surface area (TPSA) is 121 Å². The third-order valence-electron chi connectivity index (χ3n) is 1.96. The molecule has 2 N–H and O–H groups in total. The van der Waals surface area contributed by atoms with Crippen LogP contribution in [0.15, 0.2) is 0 Å². The number of urea groups is 1. The minimum absolute atomic E-state index is 0.0448. The summed E-state index contributed by atoms with van der Waals surface area (Å²) in [6.07, 6.45) is 0.365. The number of hydrogen-bond donors (Lipinski definition) is 2. The number of nitrogens with zero attached hydrogens (tertiary/aromatic N) is 1. The first-order chi connectivity index (χ1) is 8.11. The molecule has 0 aromatic carbocycles. The molecule has 0 atom stereocenters. The Labute approximate surface area is 105 Å². The van der Waals surface area contributed by atoms with Crippen molar-refractivity contribution < 1.29 is 27.9 Å². The van der Waals surface area contributed by atoms with Crippen LogP contribution in [0.5, 0.6) is 0 Å². The van der Waals surface area contributed by atoms with Gasteiger partial charge in [0.2, 0.25) is 5.91 Å². The minimum Gasteiger partial charge on any atom is -0.481 e. The maximum atomic E-state index is 11.4. The van der Waals surface area contributed by atoms with Crippen LogP contribution in [-0.4, -0.2) is 61.9 Å². The van der Waals surface area contributed by atoms with Crippen LogP contribution in [0, 0.1) is 0 Å². The average Bonchev–Trinajstić information content (AvgIpc) is 2.21. The fraction of sp³-hybridized carbons (Fsp3) is 0.667. The first kappa shape index (κ1) is 16.4. The standard InChI is InChI=1S/C9H16N2O6S/c1-11(5-6-18(2,16)17)9(15)10-7(12)3-4-8(13)14/h3-6H2,1-2H3,(H,13,14)(H,10,12,15). The van der Waals surface area contributed by atoms with Crippen molar-refractivity contribution in [1.29, 1.82) is 0 Å². The molecule has 0 aliphatic carbocycles. The number of hydrogen-bond acceptors (Lipinski definition) is 5. The van der Waals surface area contributed by atoms with Crippen molar-refractivity contribution in [2.24, 2.45) is 0 Å². The van der Waals surface area contributed by atoms with E-state index in [1.807, 2.05) is 5.32 Å². The van der Waals surface area contributed by atoms with Gasteiger partial charge in [-0.2, -0.15) is 0 Å². The molecule has 104 valence electrons. The maximum absolute atomic E-state index is 11.4. The quantitative estimate of drug-likeness (QED) is 0.648. The van der Waals surface area contributed by atoms with Crippen molar-refractivity contribution >= 4 is 27.7 Å². The van der Waals surface area contributed by atoms with Crippen LogP contribution in [0.3, 0.4) is 0 Å². The Morgan fingerprint density at radius 3 is 2.22 bits per heavy atom. The zero-order valence-corrected chi connectivity index (χ0v) is 11.0. The highest BCUT2D eigenvalue weighted by molar-refractivity contribution is 7.90. The van der Waals surface area contributed by atoms with Crippen molar-refractivity contribution in [3.63, 3.8) is 0 Å². The number of carboxylic acid groups (broad SMARTS) is 1. The van der Waals surface area contributed by atoms with E-state index in [0.717, 1.165) is 11.2 Å². The molecular formula is C9H16N2O6S. The monoisotopic (exact) mass is 280 g/mol. The SMILES string of the molecule is CN(CCS(C)(=O)=O)C(=O)NC(=O)CCC(=O)O. The van der Waals surface area contributed by atoms with Crippen molar-refractivity contribution in [1.82, 2.24) is 10.2 Å². The number of carbonyl (C=O) groups is 3. The lowest BCUT2D eigenvalue weighted by Gasteiger charge is -2.16. The van der Waals surface area contributed by atoms with Crippen LogP contribution in [-0.2, 0) is 19.4 Å². The third kappa shape index (κ3) is 8.50. The predicted molar refractivity (Wildman–Crippen MR) is 62.7 cm³/mol.